The van der Waals surface area contributed by atoms with Crippen LogP contribution in [-0.4, -0.2) is 24.1 Å². The third-order valence-corrected chi connectivity index (χ3v) is 3.72. The first kappa shape index (κ1) is 14.2. The van der Waals surface area contributed by atoms with Gasteiger partial charge in [-0.15, -0.1) is 0 Å². The number of methoxy groups -OCH3 is 1. The van der Waals surface area contributed by atoms with Crippen LogP contribution in [0.25, 0.3) is 11.4 Å². The van der Waals surface area contributed by atoms with Gasteiger partial charge in [0.25, 0.3) is 0 Å². The van der Waals surface area contributed by atoms with Crippen LogP contribution in [-0.2, 0) is 11.3 Å². The third-order valence-electron chi connectivity index (χ3n) is 2.51. The van der Waals surface area contributed by atoms with Gasteiger partial charge in [-0.1, -0.05) is 11.6 Å². The molecule has 1 aromatic carbocycles. The molecule has 0 amide bonds. The molecule has 2 aromatic rings. The number of hydrogen-bond acceptors (Lipinski definition) is 4. The molecule has 1 N–H and O–H groups in total. The number of rotatable bonds is 4. The predicted molar refractivity (Wildman–Crippen MR) is 80.4 cm³/mol. The number of benzene rings is 1. The van der Waals surface area contributed by atoms with Crippen molar-refractivity contribution in [3.63, 3.8) is 0 Å². The fourth-order valence-corrected chi connectivity index (χ4v) is 2.11. The predicted octanol–water partition coefficient (Wildman–Crippen LogP) is 3.75. The van der Waals surface area contributed by atoms with Crippen LogP contribution < -0.4 is 5.32 Å². The first-order valence-corrected chi connectivity index (χ1v) is 6.81. The molecule has 19 heavy (non-hydrogen) atoms. The molecule has 1 heterocycles. The van der Waals surface area contributed by atoms with Crippen LogP contribution in [0, 0.1) is 0 Å². The normalized spacial score (nSPS) is 10.5. The second-order valence-electron chi connectivity index (χ2n) is 3.88. The Labute approximate surface area is 125 Å². The lowest BCUT2D eigenvalue weighted by Crippen LogP contribution is -2.01. The quantitative estimate of drug-likeness (QED) is 0.919. The van der Waals surface area contributed by atoms with E-state index >= 15 is 0 Å². The molecule has 0 aliphatic carbocycles. The topological polar surface area (TPSA) is 47.0 Å². The van der Waals surface area contributed by atoms with Gasteiger partial charge in [-0.05, 0) is 34.1 Å². The van der Waals surface area contributed by atoms with Crippen LogP contribution >= 0.6 is 27.5 Å². The van der Waals surface area contributed by atoms with E-state index in [1.807, 2.05) is 31.3 Å². The maximum atomic E-state index is 5.99. The molecule has 2 rings (SSSR count). The molecule has 6 heteroatoms. The largest absolute Gasteiger partial charge is 0.378 e. The number of aromatic nitrogens is 2. The lowest BCUT2D eigenvalue weighted by molar-refractivity contribution is 0.181. The van der Waals surface area contributed by atoms with E-state index < -0.39 is 0 Å². The summed E-state index contributed by atoms with van der Waals surface area (Å²) in [5.41, 5.74) is 1.72. The third kappa shape index (κ3) is 3.43. The van der Waals surface area contributed by atoms with Gasteiger partial charge < -0.3 is 10.1 Å². The van der Waals surface area contributed by atoms with Crippen molar-refractivity contribution in [3.05, 3.63) is 39.5 Å². The van der Waals surface area contributed by atoms with E-state index in [0.717, 1.165) is 21.5 Å². The second kappa shape index (κ2) is 6.32. The highest BCUT2D eigenvalue weighted by Gasteiger charge is 2.08. The molecule has 0 unspecified atom stereocenters. The van der Waals surface area contributed by atoms with Gasteiger partial charge in [-0.3, -0.25) is 0 Å². The Hall–Kier alpha value is -1.17. The van der Waals surface area contributed by atoms with Crippen molar-refractivity contribution >= 4 is 33.3 Å². The minimum absolute atomic E-state index is 0.443. The smallest absolute Gasteiger partial charge is 0.161 e. The van der Waals surface area contributed by atoms with Crippen molar-refractivity contribution in [2.24, 2.45) is 0 Å². The number of hydrogen-bond donors (Lipinski definition) is 1. The molecule has 0 bridgehead atoms. The molecular weight excluding hydrogens is 330 g/mol. The van der Waals surface area contributed by atoms with E-state index in [2.05, 4.69) is 31.2 Å². The van der Waals surface area contributed by atoms with Crippen LogP contribution in [0.3, 0.4) is 0 Å². The van der Waals surface area contributed by atoms with Crippen molar-refractivity contribution in [2.75, 3.05) is 19.5 Å². The molecule has 0 atom stereocenters. The highest BCUT2D eigenvalue weighted by Crippen LogP contribution is 2.27. The van der Waals surface area contributed by atoms with E-state index in [1.165, 1.54) is 0 Å². The zero-order chi connectivity index (χ0) is 13.8. The van der Waals surface area contributed by atoms with Gasteiger partial charge in [0.15, 0.2) is 5.82 Å². The molecule has 0 radical (unpaired) electrons. The van der Waals surface area contributed by atoms with E-state index in [0.29, 0.717) is 17.5 Å². The number of nitrogens with one attached hydrogen (secondary N) is 1. The Morgan fingerprint density at radius 3 is 2.74 bits per heavy atom. The Kier molecular flexibility index (Phi) is 4.74. The highest BCUT2D eigenvalue weighted by atomic mass is 79.9. The van der Waals surface area contributed by atoms with E-state index in [9.17, 15) is 0 Å². The Bertz CT molecular complexity index is 592. The monoisotopic (exact) mass is 341 g/mol. The summed E-state index contributed by atoms with van der Waals surface area (Å²) in [6, 6.07) is 7.45. The molecule has 4 nitrogen and oxygen atoms in total. The molecule has 1 aromatic heterocycles. The van der Waals surface area contributed by atoms with Gasteiger partial charge in [-0.25, -0.2) is 9.97 Å². The Morgan fingerprint density at radius 1 is 1.32 bits per heavy atom. The van der Waals surface area contributed by atoms with E-state index in [-0.39, 0.29) is 0 Å². The van der Waals surface area contributed by atoms with Crippen LogP contribution in [0.4, 0.5) is 5.82 Å². The lowest BCUT2D eigenvalue weighted by Gasteiger charge is -2.08. The number of halogens is 2. The maximum absolute atomic E-state index is 5.99. The van der Waals surface area contributed by atoms with E-state index in [4.69, 9.17) is 16.3 Å². The summed E-state index contributed by atoms with van der Waals surface area (Å²) >= 11 is 9.39. The first-order chi connectivity index (χ1) is 9.13. The van der Waals surface area contributed by atoms with Crippen molar-refractivity contribution in [1.29, 1.82) is 0 Å². The summed E-state index contributed by atoms with van der Waals surface area (Å²) in [4.78, 5) is 8.91. The van der Waals surface area contributed by atoms with Gasteiger partial charge in [0.05, 0.1) is 17.3 Å². The van der Waals surface area contributed by atoms with Crippen molar-refractivity contribution in [1.82, 2.24) is 9.97 Å². The van der Waals surface area contributed by atoms with Gasteiger partial charge in [0, 0.05) is 30.3 Å². The first-order valence-electron chi connectivity index (χ1n) is 5.64. The summed E-state index contributed by atoms with van der Waals surface area (Å²) in [6.45, 7) is 0.443. The highest BCUT2D eigenvalue weighted by molar-refractivity contribution is 9.10. The zero-order valence-corrected chi connectivity index (χ0v) is 12.9. The van der Waals surface area contributed by atoms with Crippen LogP contribution in [0.1, 0.15) is 5.69 Å². The molecule has 0 aliphatic rings. The SMILES string of the molecule is CNc1cc(COC)nc(-c2ccc(Cl)c(Br)c2)n1. The fraction of sp³-hybridized carbons (Fsp3) is 0.231. The molecule has 0 saturated carbocycles. The molecule has 100 valence electrons. The molecule has 0 saturated heterocycles. The standard InChI is InChI=1S/C13H13BrClN3O/c1-16-12-6-9(7-19-2)17-13(18-12)8-3-4-11(15)10(14)5-8/h3-6H,7H2,1-2H3,(H,16,17,18). The zero-order valence-electron chi connectivity index (χ0n) is 10.6. The lowest BCUT2D eigenvalue weighted by atomic mass is 10.2. The second-order valence-corrected chi connectivity index (χ2v) is 5.14. The molecular formula is C13H13BrClN3O. The summed E-state index contributed by atoms with van der Waals surface area (Å²) in [5, 5.41) is 3.68. The Morgan fingerprint density at radius 2 is 2.11 bits per heavy atom. The maximum Gasteiger partial charge on any atom is 0.161 e. The average molecular weight is 343 g/mol. The molecule has 0 fully saturated rings. The molecule has 0 spiro atoms. The van der Waals surface area contributed by atoms with Crippen LogP contribution in [0.15, 0.2) is 28.7 Å². The van der Waals surface area contributed by atoms with E-state index in [1.54, 1.807) is 7.11 Å². The van der Waals surface area contributed by atoms with Gasteiger partial charge in [-0.2, -0.15) is 0 Å². The minimum Gasteiger partial charge on any atom is -0.378 e. The van der Waals surface area contributed by atoms with Crippen molar-refractivity contribution < 1.29 is 4.74 Å². The average Bonchev–Trinajstić information content (AvgIpc) is 2.42. The van der Waals surface area contributed by atoms with Crippen molar-refractivity contribution in [2.45, 2.75) is 6.61 Å². The summed E-state index contributed by atoms with van der Waals surface area (Å²) in [5.74, 6) is 1.39. The Balaban J connectivity index is 2.47. The summed E-state index contributed by atoms with van der Waals surface area (Å²) in [7, 11) is 3.46. The van der Waals surface area contributed by atoms with Crippen LogP contribution in [0.5, 0.6) is 0 Å². The minimum atomic E-state index is 0.443. The molecule has 0 aliphatic heterocycles. The summed E-state index contributed by atoms with van der Waals surface area (Å²) < 4.78 is 5.93. The number of nitrogens with zero attached hydrogens (tertiary/aromatic N) is 2. The fourth-order valence-electron chi connectivity index (χ4n) is 1.61. The van der Waals surface area contributed by atoms with Gasteiger partial charge >= 0.3 is 0 Å². The number of ether oxygens (including phenoxy) is 1. The number of anilines is 1. The summed E-state index contributed by atoms with van der Waals surface area (Å²) in [6.07, 6.45) is 0. The van der Waals surface area contributed by atoms with Gasteiger partial charge in [0.1, 0.15) is 5.82 Å². The van der Waals surface area contributed by atoms with Crippen molar-refractivity contribution in [3.8, 4) is 11.4 Å². The van der Waals surface area contributed by atoms with Crippen LogP contribution in [0.2, 0.25) is 5.02 Å². The van der Waals surface area contributed by atoms with Gasteiger partial charge in [0.2, 0.25) is 0 Å².